The standard InChI is InChI=1S/C11H11FO2/c1-7-6-10(14-11(7)13)8-2-4-9(12)5-3-8/h2-5,7,10H,6H2,1H3/t7?,10-/m1/s1. The largest absolute Gasteiger partial charge is 0.457 e. The summed E-state index contributed by atoms with van der Waals surface area (Å²) < 4.78 is 17.8. The summed E-state index contributed by atoms with van der Waals surface area (Å²) in [6, 6.07) is 6.08. The zero-order chi connectivity index (χ0) is 10.1. The van der Waals surface area contributed by atoms with Crippen molar-refractivity contribution in [3.63, 3.8) is 0 Å². The summed E-state index contributed by atoms with van der Waals surface area (Å²) in [5, 5.41) is 0. The predicted molar refractivity (Wildman–Crippen MR) is 49.0 cm³/mol. The molecule has 14 heavy (non-hydrogen) atoms. The van der Waals surface area contributed by atoms with Crippen molar-refractivity contribution >= 4 is 5.97 Å². The minimum Gasteiger partial charge on any atom is -0.457 e. The fourth-order valence-electron chi connectivity index (χ4n) is 1.60. The Morgan fingerprint density at radius 3 is 2.50 bits per heavy atom. The van der Waals surface area contributed by atoms with Gasteiger partial charge in [-0.3, -0.25) is 4.79 Å². The molecule has 0 saturated carbocycles. The van der Waals surface area contributed by atoms with E-state index in [2.05, 4.69) is 0 Å². The molecule has 1 saturated heterocycles. The highest BCUT2D eigenvalue weighted by atomic mass is 19.1. The van der Waals surface area contributed by atoms with Gasteiger partial charge in [0.05, 0.1) is 5.92 Å². The van der Waals surface area contributed by atoms with Crippen molar-refractivity contribution in [2.24, 2.45) is 5.92 Å². The van der Waals surface area contributed by atoms with Gasteiger partial charge >= 0.3 is 5.97 Å². The van der Waals surface area contributed by atoms with Crippen molar-refractivity contribution in [3.8, 4) is 0 Å². The van der Waals surface area contributed by atoms with Crippen molar-refractivity contribution < 1.29 is 13.9 Å². The summed E-state index contributed by atoms with van der Waals surface area (Å²) in [4.78, 5) is 11.1. The number of hydrogen-bond donors (Lipinski definition) is 0. The maximum absolute atomic E-state index is 12.6. The van der Waals surface area contributed by atoms with E-state index in [1.54, 1.807) is 12.1 Å². The number of carbonyl (C=O) groups excluding carboxylic acids is 1. The second kappa shape index (κ2) is 3.40. The molecule has 0 radical (unpaired) electrons. The SMILES string of the molecule is CC1C[C@H](c2ccc(F)cc2)OC1=O. The molecule has 1 aromatic carbocycles. The molecule has 0 spiro atoms. The van der Waals surface area contributed by atoms with Gasteiger partial charge in [-0.05, 0) is 17.7 Å². The van der Waals surface area contributed by atoms with Gasteiger partial charge in [-0.1, -0.05) is 19.1 Å². The molecule has 2 rings (SSSR count). The van der Waals surface area contributed by atoms with Crippen molar-refractivity contribution in [1.29, 1.82) is 0 Å². The van der Waals surface area contributed by atoms with Crippen LogP contribution in [0.4, 0.5) is 4.39 Å². The summed E-state index contributed by atoms with van der Waals surface area (Å²) in [5.74, 6) is -0.490. The van der Waals surface area contributed by atoms with Gasteiger partial charge in [0.1, 0.15) is 11.9 Å². The lowest BCUT2D eigenvalue weighted by atomic mass is 10.0. The summed E-state index contributed by atoms with van der Waals surface area (Å²) in [5.41, 5.74) is 0.865. The van der Waals surface area contributed by atoms with Gasteiger partial charge in [-0.15, -0.1) is 0 Å². The molecule has 3 heteroatoms. The van der Waals surface area contributed by atoms with Crippen molar-refractivity contribution in [2.45, 2.75) is 19.4 Å². The number of rotatable bonds is 1. The Morgan fingerprint density at radius 1 is 1.36 bits per heavy atom. The van der Waals surface area contributed by atoms with Gasteiger partial charge in [0.2, 0.25) is 0 Å². The van der Waals surface area contributed by atoms with Gasteiger partial charge in [0.15, 0.2) is 0 Å². The summed E-state index contributed by atoms with van der Waals surface area (Å²) in [7, 11) is 0. The molecule has 2 atom stereocenters. The first kappa shape index (κ1) is 9.19. The monoisotopic (exact) mass is 194 g/mol. The van der Waals surface area contributed by atoms with E-state index in [0.717, 1.165) is 5.56 Å². The van der Waals surface area contributed by atoms with Crippen LogP contribution >= 0.6 is 0 Å². The second-order valence-electron chi connectivity index (χ2n) is 3.61. The number of halogens is 1. The number of esters is 1. The van der Waals surface area contributed by atoms with E-state index in [9.17, 15) is 9.18 Å². The van der Waals surface area contributed by atoms with Crippen LogP contribution in [0, 0.1) is 11.7 Å². The molecular formula is C11H11FO2. The first-order valence-electron chi connectivity index (χ1n) is 4.63. The van der Waals surface area contributed by atoms with E-state index in [0.29, 0.717) is 6.42 Å². The number of ether oxygens (including phenoxy) is 1. The second-order valence-corrected chi connectivity index (χ2v) is 3.61. The third-order valence-electron chi connectivity index (χ3n) is 2.47. The lowest BCUT2D eigenvalue weighted by molar-refractivity contribution is -0.144. The molecule has 2 nitrogen and oxygen atoms in total. The first-order valence-corrected chi connectivity index (χ1v) is 4.63. The average Bonchev–Trinajstić information content (AvgIpc) is 2.48. The van der Waals surface area contributed by atoms with Crippen LogP contribution in [-0.4, -0.2) is 5.97 Å². The molecule has 0 amide bonds. The third kappa shape index (κ3) is 1.62. The number of hydrogen-bond acceptors (Lipinski definition) is 2. The van der Waals surface area contributed by atoms with E-state index in [-0.39, 0.29) is 23.8 Å². The Bertz CT molecular complexity index is 345. The zero-order valence-electron chi connectivity index (χ0n) is 7.87. The maximum Gasteiger partial charge on any atom is 0.309 e. The van der Waals surface area contributed by atoms with Gasteiger partial charge < -0.3 is 4.74 Å². The van der Waals surface area contributed by atoms with E-state index in [1.807, 2.05) is 6.92 Å². The Hall–Kier alpha value is -1.38. The van der Waals surface area contributed by atoms with E-state index >= 15 is 0 Å². The Balaban J connectivity index is 2.17. The van der Waals surface area contributed by atoms with Crippen LogP contribution in [-0.2, 0) is 9.53 Å². The Kier molecular flexibility index (Phi) is 2.23. The molecule has 1 heterocycles. The van der Waals surface area contributed by atoms with Crippen molar-refractivity contribution in [3.05, 3.63) is 35.6 Å². The number of carbonyl (C=O) groups is 1. The smallest absolute Gasteiger partial charge is 0.309 e. The van der Waals surface area contributed by atoms with Crippen LogP contribution in [0.1, 0.15) is 25.0 Å². The summed E-state index contributed by atoms with van der Waals surface area (Å²) in [6.45, 7) is 1.84. The quantitative estimate of drug-likeness (QED) is 0.642. The molecule has 1 aliphatic rings. The topological polar surface area (TPSA) is 26.3 Å². The van der Waals surface area contributed by atoms with Crippen LogP contribution in [0.2, 0.25) is 0 Å². The van der Waals surface area contributed by atoms with Gasteiger partial charge in [-0.25, -0.2) is 4.39 Å². The number of cyclic esters (lactones) is 1. The molecule has 0 aliphatic carbocycles. The van der Waals surface area contributed by atoms with Crippen LogP contribution < -0.4 is 0 Å². The molecule has 1 unspecified atom stereocenters. The molecular weight excluding hydrogens is 183 g/mol. The molecule has 0 N–H and O–H groups in total. The highest BCUT2D eigenvalue weighted by Gasteiger charge is 2.31. The lowest BCUT2D eigenvalue weighted by Crippen LogP contribution is -2.01. The summed E-state index contributed by atoms with van der Waals surface area (Å²) in [6.07, 6.45) is 0.489. The molecule has 74 valence electrons. The van der Waals surface area contributed by atoms with E-state index < -0.39 is 0 Å². The van der Waals surface area contributed by atoms with Crippen molar-refractivity contribution in [1.82, 2.24) is 0 Å². The van der Waals surface area contributed by atoms with Crippen LogP contribution in [0.25, 0.3) is 0 Å². The first-order chi connectivity index (χ1) is 6.66. The molecule has 0 aromatic heterocycles. The van der Waals surface area contributed by atoms with Gasteiger partial charge in [0, 0.05) is 6.42 Å². The van der Waals surface area contributed by atoms with E-state index in [4.69, 9.17) is 4.74 Å². The zero-order valence-corrected chi connectivity index (χ0v) is 7.87. The van der Waals surface area contributed by atoms with Gasteiger partial charge in [0.25, 0.3) is 0 Å². The predicted octanol–water partition coefficient (Wildman–Crippen LogP) is 2.45. The third-order valence-corrected chi connectivity index (χ3v) is 2.47. The van der Waals surface area contributed by atoms with Crippen molar-refractivity contribution in [2.75, 3.05) is 0 Å². The molecule has 1 aliphatic heterocycles. The minimum atomic E-state index is -0.272. The highest BCUT2D eigenvalue weighted by molar-refractivity contribution is 5.74. The normalized spacial score (nSPS) is 26.3. The number of benzene rings is 1. The lowest BCUT2D eigenvalue weighted by Gasteiger charge is -2.08. The maximum atomic E-state index is 12.6. The fraction of sp³-hybridized carbons (Fsp3) is 0.364. The van der Waals surface area contributed by atoms with E-state index in [1.165, 1.54) is 12.1 Å². The fourth-order valence-corrected chi connectivity index (χ4v) is 1.60. The molecule has 1 aromatic rings. The highest BCUT2D eigenvalue weighted by Crippen LogP contribution is 2.32. The minimum absolute atomic E-state index is 0.0509. The van der Waals surface area contributed by atoms with Gasteiger partial charge in [-0.2, -0.15) is 0 Å². The summed E-state index contributed by atoms with van der Waals surface area (Å²) >= 11 is 0. The molecule has 1 fully saturated rings. The Labute approximate surface area is 81.7 Å². The van der Waals surface area contributed by atoms with Crippen LogP contribution in [0.5, 0.6) is 0 Å². The Morgan fingerprint density at radius 2 is 2.00 bits per heavy atom. The molecule has 0 bridgehead atoms. The van der Waals surface area contributed by atoms with Crippen LogP contribution in [0.3, 0.4) is 0 Å². The average molecular weight is 194 g/mol. The van der Waals surface area contributed by atoms with Crippen LogP contribution in [0.15, 0.2) is 24.3 Å².